The molecule has 7 nitrogen and oxygen atoms in total. The van der Waals surface area contributed by atoms with Gasteiger partial charge in [0, 0.05) is 12.1 Å². The summed E-state index contributed by atoms with van der Waals surface area (Å²) in [4.78, 5) is 25.2. The fourth-order valence-electron chi connectivity index (χ4n) is 2.53. The number of amides is 2. The lowest BCUT2D eigenvalue weighted by Gasteiger charge is -2.33. The third-order valence-electron chi connectivity index (χ3n) is 4.12. The molecular weight excluding hydrogens is 332 g/mol. The predicted octanol–water partition coefficient (Wildman–Crippen LogP) is 2.42. The Morgan fingerprint density at radius 3 is 2.75 bits per heavy atom. The number of rotatable bonds is 2. The molecule has 24 heavy (non-hydrogen) atoms. The largest absolute Gasteiger partial charge is 0.466 e. The van der Waals surface area contributed by atoms with Gasteiger partial charge < -0.3 is 15.4 Å². The van der Waals surface area contributed by atoms with Crippen molar-refractivity contribution in [3.05, 3.63) is 34.6 Å². The van der Waals surface area contributed by atoms with Crippen LogP contribution in [0.2, 0.25) is 5.02 Å². The Morgan fingerprint density at radius 1 is 1.42 bits per heavy atom. The Bertz CT molecular complexity index is 861. The van der Waals surface area contributed by atoms with Gasteiger partial charge in [-0.15, -0.1) is 0 Å². The third-order valence-corrected chi connectivity index (χ3v) is 4.35. The molecule has 2 amide bonds. The lowest BCUT2D eigenvalue weighted by molar-refractivity contribution is -0.143. The molecule has 2 heterocycles. The first kappa shape index (κ1) is 16.3. The van der Waals surface area contributed by atoms with E-state index in [0.717, 1.165) is 5.69 Å². The van der Waals surface area contributed by atoms with Crippen molar-refractivity contribution in [3.63, 3.8) is 0 Å². The van der Waals surface area contributed by atoms with Gasteiger partial charge in [0.15, 0.2) is 0 Å². The average molecular weight is 349 g/mol. The van der Waals surface area contributed by atoms with Gasteiger partial charge in [-0.1, -0.05) is 11.6 Å². The molecule has 1 atom stereocenters. The van der Waals surface area contributed by atoms with Crippen LogP contribution in [0.5, 0.6) is 5.75 Å². The summed E-state index contributed by atoms with van der Waals surface area (Å²) in [5, 5.41) is 10.1. The van der Waals surface area contributed by atoms with Gasteiger partial charge in [0.2, 0.25) is 0 Å². The van der Waals surface area contributed by atoms with Gasteiger partial charge >= 0.3 is 0 Å². The van der Waals surface area contributed by atoms with E-state index in [1.165, 1.54) is 6.92 Å². The summed E-state index contributed by atoms with van der Waals surface area (Å²) in [6.07, 6.45) is 0. The Kier molecular flexibility index (Phi) is 3.76. The van der Waals surface area contributed by atoms with Crippen LogP contribution in [0.1, 0.15) is 18.3 Å². The van der Waals surface area contributed by atoms with Gasteiger partial charge in [0.05, 0.1) is 22.8 Å². The van der Waals surface area contributed by atoms with Crippen LogP contribution >= 0.6 is 11.6 Å². The molecule has 0 fully saturated rings. The van der Waals surface area contributed by atoms with Crippen molar-refractivity contribution in [2.75, 3.05) is 10.6 Å². The Hall–Kier alpha value is -2.54. The average Bonchev–Trinajstić information content (AvgIpc) is 2.75. The molecule has 2 aromatic rings. The van der Waals surface area contributed by atoms with Crippen LogP contribution in [0.15, 0.2) is 18.2 Å². The first-order chi connectivity index (χ1) is 11.2. The van der Waals surface area contributed by atoms with Gasteiger partial charge in [-0.05, 0) is 39.0 Å². The second-order valence-electron chi connectivity index (χ2n) is 5.85. The van der Waals surface area contributed by atoms with Crippen molar-refractivity contribution in [2.45, 2.75) is 26.4 Å². The lowest BCUT2D eigenvalue weighted by Crippen LogP contribution is -2.56. The normalized spacial score (nSPS) is 19.3. The monoisotopic (exact) mass is 348 g/mol. The number of ether oxygens (including phenoxy) is 1. The molecule has 3 rings (SSSR count). The van der Waals surface area contributed by atoms with Crippen LogP contribution < -0.4 is 15.4 Å². The summed E-state index contributed by atoms with van der Waals surface area (Å²) in [7, 11) is 1.78. The molecule has 1 aromatic heterocycles. The molecule has 0 saturated carbocycles. The van der Waals surface area contributed by atoms with E-state index in [1.807, 2.05) is 6.92 Å². The Morgan fingerprint density at radius 2 is 2.12 bits per heavy atom. The van der Waals surface area contributed by atoms with Crippen LogP contribution in [0.3, 0.4) is 0 Å². The summed E-state index contributed by atoms with van der Waals surface area (Å²) >= 11 is 5.91. The standard InChI is InChI=1S/C16H17ClN4O3/c1-8-13(9(2)21(4)20-8)19-15(23)16(3)14(22)18-11-7-10(17)5-6-12(11)24-16/h5-7H,1-4H3,(H,18,22)(H,19,23)/t16-/m1/s1. The summed E-state index contributed by atoms with van der Waals surface area (Å²) < 4.78 is 7.36. The Labute approximate surface area is 143 Å². The molecule has 0 unspecified atom stereocenters. The molecule has 1 aliphatic rings. The quantitative estimate of drug-likeness (QED) is 0.816. The summed E-state index contributed by atoms with van der Waals surface area (Å²) in [5.74, 6) is -0.745. The maximum atomic E-state index is 12.7. The highest BCUT2D eigenvalue weighted by Crippen LogP contribution is 2.36. The van der Waals surface area contributed by atoms with Gasteiger partial charge in [-0.25, -0.2) is 0 Å². The van der Waals surface area contributed by atoms with Crippen LogP contribution in [0, 0.1) is 13.8 Å². The second kappa shape index (κ2) is 5.52. The molecule has 1 aliphatic heterocycles. The highest BCUT2D eigenvalue weighted by molar-refractivity contribution is 6.31. The summed E-state index contributed by atoms with van der Waals surface area (Å²) in [5.41, 5.74) is 0.756. The van der Waals surface area contributed by atoms with Gasteiger partial charge in [0.25, 0.3) is 17.4 Å². The van der Waals surface area contributed by atoms with Crippen molar-refractivity contribution in [3.8, 4) is 5.75 Å². The first-order valence-corrected chi connectivity index (χ1v) is 7.72. The zero-order valence-corrected chi connectivity index (χ0v) is 14.5. The molecular formula is C16H17ClN4O3. The minimum atomic E-state index is -1.70. The van der Waals surface area contributed by atoms with E-state index in [-0.39, 0.29) is 0 Å². The maximum Gasteiger partial charge on any atom is 0.278 e. The molecule has 126 valence electrons. The van der Waals surface area contributed by atoms with Crippen LogP contribution in [-0.4, -0.2) is 27.2 Å². The molecule has 2 N–H and O–H groups in total. The number of nitrogens with zero attached hydrogens (tertiary/aromatic N) is 2. The number of anilines is 2. The van der Waals surface area contributed by atoms with Crippen molar-refractivity contribution >= 4 is 34.8 Å². The molecule has 0 bridgehead atoms. The van der Waals surface area contributed by atoms with Gasteiger partial charge in [0.1, 0.15) is 5.75 Å². The zero-order valence-electron chi connectivity index (χ0n) is 13.7. The molecule has 0 radical (unpaired) electrons. The topological polar surface area (TPSA) is 85.2 Å². The summed E-state index contributed by atoms with van der Waals surface area (Å²) in [6, 6.07) is 4.82. The Balaban J connectivity index is 1.91. The number of hydrogen-bond acceptors (Lipinski definition) is 4. The number of fused-ring (bicyclic) bond motifs is 1. The van der Waals surface area contributed by atoms with Gasteiger partial charge in [-0.2, -0.15) is 5.10 Å². The van der Waals surface area contributed by atoms with Crippen molar-refractivity contribution < 1.29 is 14.3 Å². The van der Waals surface area contributed by atoms with E-state index in [9.17, 15) is 9.59 Å². The van der Waals surface area contributed by atoms with Crippen LogP contribution in [-0.2, 0) is 16.6 Å². The van der Waals surface area contributed by atoms with Crippen LogP contribution in [0.4, 0.5) is 11.4 Å². The van der Waals surface area contributed by atoms with Crippen molar-refractivity contribution in [1.82, 2.24) is 9.78 Å². The zero-order chi connectivity index (χ0) is 17.6. The van der Waals surface area contributed by atoms with E-state index < -0.39 is 17.4 Å². The van der Waals surface area contributed by atoms with Gasteiger partial charge in [-0.3, -0.25) is 14.3 Å². The highest BCUT2D eigenvalue weighted by atomic mass is 35.5. The highest BCUT2D eigenvalue weighted by Gasteiger charge is 2.47. The number of benzene rings is 1. The van der Waals surface area contributed by atoms with E-state index >= 15 is 0 Å². The lowest BCUT2D eigenvalue weighted by atomic mass is 10.0. The molecule has 0 saturated heterocycles. The minimum absolute atomic E-state index is 0.385. The fraction of sp³-hybridized carbons (Fsp3) is 0.312. The number of carbonyl (C=O) groups is 2. The maximum absolute atomic E-state index is 12.7. The number of aryl methyl sites for hydroxylation is 2. The molecule has 0 spiro atoms. The number of hydrogen-bond donors (Lipinski definition) is 2. The van der Waals surface area contributed by atoms with Crippen molar-refractivity contribution in [2.24, 2.45) is 7.05 Å². The van der Waals surface area contributed by atoms with E-state index in [4.69, 9.17) is 16.3 Å². The number of carbonyl (C=O) groups excluding carboxylic acids is 2. The van der Waals surface area contributed by atoms with E-state index in [0.29, 0.717) is 27.8 Å². The third kappa shape index (κ3) is 2.50. The molecule has 0 aliphatic carbocycles. The number of aromatic nitrogens is 2. The van der Waals surface area contributed by atoms with E-state index in [1.54, 1.807) is 36.9 Å². The predicted molar refractivity (Wildman–Crippen MR) is 90.4 cm³/mol. The summed E-state index contributed by atoms with van der Waals surface area (Å²) in [6.45, 7) is 5.04. The number of halogens is 1. The van der Waals surface area contributed by atoms with Crippen LogP contribution in [0.25, 0.3) is 0 Å². The van der Waals surface area contributed by atoms with E-state index in [2.05, 4.69) is 15.7 Å². The van der Waals surface area contributed by atoms with Crippen molar-refractivity contribution in [1.29, 1.82) is 0 Å². The number of nitrogens with one attached hydrogen (secondary N) is 2. The smallest absolute Gasteiger partial charge is 0.278 e. The molecule has 8 heteroatoms. The first-order valence-electron chi connectivity index (χ1n) is 7.34. The second-order valence-corrected chi connectivity index (χ2v) is 6.29. The fourth-order valence-corrected chi connectivity index (χ4v) is 2.71. The minimum Gasteiger partial charge on any atom is -0.466 e. The SMILES string of the molecule is Cc1nn(C)c(C)c1NC(=O)[C@]1(C)Oc2ccc(Cl)cc2NC1=O. The molecule has 1 aromatic carbocycles.